The Hall–Kier alpha value is -1.88. The van der Waals surface area contributed by atoms with Crippen LogP contribution in [0.5, 0.6) is 0 Å². The van der Waals surface area contributed by atoms with Gasteiger partial charge in [-0.2, -0.15) is 0 Å². The SMILES string of the molecule is CCCC/C=C\CCCCCCCCOCC(COC(=O)CCCCCCC/C=C\C/C=C\CCCCC)OC(=O)CCCCCCCCCCCCCCCCC. The standard InChI is InChI=1S/C53H98O5/c1-4-7-10-13-16-19-22-25-27-29-31-34-37-40-43-46-52(54)57-50-51(49-56-48-45-42-39-36-33-24-21-18-15-12-9-6-3)58-53(55)47-44-41-38-35-32-30-28-26-23-20-17-14-11-8-5-2/h15-16,18-19,25,27,51H,4-14,17,20-24,26,28-50H2,1-3H3/b18-15-,19-16-,27-25-. The van der Waals surface area contributed by atoms with Crippen LogP contribution in [0.15, 0.2) is 36.5 Å². The predicted octanol–water partition coefficient (Wildman–Crippen LogP) is 17.0. The van der Waals surface area contributed by atoms with Crippen LogP contribution in [0.4, 0.5) is 0 Å². The fourth-order valence-corrected chi connectivity index (χ4v) is 7.29. The van der Waals surface area contributed by atoms with E-state index in [-0.39, 0.29) is 25.2 Å². The molecule has 0 spiro atoms. The second kappa shape index (κ2) is 49.5. The molecular weight excluding hydrogens is 717 g/mol. The Bertz CT molecular complexity index is 924. The normalized spacial score (nSPS) is 12.4. The number of unbranched alkanes of at least 4 members (excludes halogenated alkanes) is 30. The Morgan fingerprint density at radius 3 is 1.24 bits per heavy atom. The summed E-state index contributed by atoms with van der Waals surface area (Å²) in [6.45, 7) is 7.78. The molecule has 0 aliphatic carbocycles. The van der Waals surface area contributed by atoms with Gasteiger partial charge >= 0.3 is 11.9 Å². The number of allylic oxidation sites excluding steroid dienone is 6. The van der Waals surface area contributed by atoms with Gasteiger partial charge in [-0.1, -0.05) is 218 Å². The van der Waals surface area contributed by atoms with Gasteiger partial charge in [0.2, 0.25) is 0 Å². The Kier molecular flexibility index (Phi) is 47.9. The van der Waals surface area contributed by atoms with E-state index in [9.17, 15) is 9.59 Å². The van der Waals surface area contributed by atoms with Gasteiger partial charge in [-0.15, -0.1) is 0 Å². The van der Waals surface area contributed by atoms with Crippen molar-refractivity contribution >= 4 is 11.9 Å². The molecule has 0 aromatic rings. The molecule has 1 unspecified atom stereocenters. The van der Waals surface area contributed by atoms with Gasteiger partial charge in [0, 0.05) is 19.4 Å². The summed E-state index contributed by atoms with van der Waals surface area (Å²) in [4.78, 5) is 25.4. The molecule has 0 saturated heterocycles. The molecule has 0 radical (unpaired) electrons. The van der Waals surface area contributed by atoms with Crippen molar-refractivity contribution in [2.24, 2.45) is 0 Å². The average molecular weight is 815 g/mol. The van der Waals surface area contributed by atoms with Crippen molar-refractivity contribution in [3.63, 3.8) is 0 Å². The molecular formula is C53H98O5. The summed E-state index contributed by atoms with van der Waals surface area (Å²) in [6.07, 6.45) is 58.6. The molecule has 0 fully saturated rings. The number of hydrogen-bond donors (Lipinski definition) is 0. The van der Waals surface area contributed by atoms with E-state index in [4.69, 9.17) is 14.2 Å². The molecule has 0 amide bonds. The van der Waals surface area contributed by atoms with E-state index < -0.39 is 6.10 Å². The molecule has 0 bridgehead atoms. The van der Waals surface area contributed by atoms with Gasteiger partial charge in [0.25, 0.3) is 0 Å². The molecule has 0 saturated carbocycles. The van der Waals surface area contributed by atoms with E-state index in [0.29, 0.717) is 19.4 Å². The third-order valence-electron chi connectivity index (χ3n) is 11.1. The third kappa shape index (κ3) is 46.8. The van der Waals surface area contributed by atoms with Gasteiger partial charge in [-0.25, -0.2) is 0 Å². The first kappa shape index (κ1) is 56.1. The molecule has 0 aromatic carbocycles. The summed E-state index contributed by atoms with van der Waals surface area (Å²) in [5.41, 5.74) is 0. The molecule has 5 heteroatoms. The zero-order chi connectivity index (χ0) is 42.1. The smallest absolute Gasteiger partial charge is 0.306 e. The van der Waals surface area contributed by atoms with Crippen LogP contribution in [0.25, 0.3) is 0 Å². The average Bonchev–Trinajstić information content (AvgIpc) is 3.22. The van der Waals surface area contributed by atoms with Crippen molar-refractivity contribution in [1.82, 2.24) is 0 Å². The van der Waals surface area contributed by atoms with Gasteiger partial charge in [-0.05, 0) is 70.6 Å². The molecule has 0 N–H and O–H groups in total. The highest BCUT2D eigenvalue weighted by atomic mass is 16.6. The first-order chi connectivity index (χ1) is 28.6. The summed E-state index contributed by atoms with van der Waals surface area (Å²) >= 11 is 0. The summed E-state index contributed by atoms with van der Waals surface area (Å²) in [6, 6.07) is 0. The lowest BCUT2D eigenvalue weighted by Gasteiger charge is -2.18. The first-order valence-corrected chi connectivity index (χ1v) is 25.5. The number of ether oxygens (including phenoxy) is 3. The van der Waals surface area contributed by atoms with Crippen LogP contribution in [0.1, 0.15) is 265 Å². The van der Waals surface area contributed by atoms with Crippen LogP contribution >= 0.6 is 0 Å². The minimum atomic E-state index is -0.539. The summed E-state index contributed by atoms with van der Waals surface area (Å²) in [7, 11) is 0. The topological polar surface area (TPSA) is 61.8 Å². The van der Waals surface area contributed by atoms with Crippen molar-refractivity contribution in [3.8, 4) is 0 Å². The monoisotopic (exact) mass is 815 g/mol. The maximum atomic E-state index is 12.8. The lowest BCUT2D eigenvalue weighted by molar-refractivity contribution is -0.163. The number of carbonyl (C=O) groups excluding carboxylic acids is 2. The Labute approximate surface area is 361 Å². The van der Waals surface area contributed by atoms with Gasteiger partial charge in [0.15, 0.2) is 6.10 Å². The summed E-state index contributed by atoms with van der Waals surface area (Å²) in [5, 5.41) is 0. The minimum Gasteiger partial charge on any atom is -0.462 e. The second-order valence-electron chi connectivity index (χ2n) is 17.1. The second-order valence-corrected chi connectivity index (χ2v) is 17.1. The third-order valence-corrected chi connectivity index (χ3v) is 11.1. The molecule has 5 nitrogen and oxygen atoms in total. The largest absolute Gasteiger partial charge is 0.462 e. The van der Waals surface area contributed by atoms with E-state index in [1.165, 1.54) is 173 Å². The van der Waals surface area contributed by atoms with E-state index in [2.05, 4.69) is 57.2 Å². The quantitative estimate of drug-likeness (QED) is 0.0348. The van der Waals surface area contributed by atoms with Crippen molar-refractivity contribution in [3.05, 3.63) is 36.5 Å². The minimum absolute atomic E-state index is 0.0799. The van der Waals surface area contributed by atoms with Gasteiger partial charge in [0.05, 0.1) is 6.61 Å². The van der Waals surface area contributed by atoms with Crippen LogP contribution in [0.3, 0.4) is 0 Å². The van der Waals surface area contributed by atoms with Crippen LogP contribution in [0, 0.1) is 0 Å². The maximum Gasteiger partial charge on any atom is 0.306 e. The zero-order valence-corrected chi connectivity index (χ0v) is 39.1. The lowest BCUT2D eigenvalue weighted by atomic mass is 10.0. The highest BCUT2D eigenvalue weighted by Gasteiger charge is 2.17. The highest BCUT2D eigenvalue weighted by molar-refractivity contribution is 5.70. The lowest BCUT2D eigenvalue weighted by Crippen LogP contribution is -2.30. The number of carbonyl (C=O) groups is 2. The zero-order valence-electron chi connectivity index (χ0n) is 39.1. The van der Waals surface area contributed by atoms with Crippen LogP contribution in [-0.4, -0.2) is 37.9 Å². The summed E-state index contributed by atoms with van der Waals surface area (Å²) < 4.78 is 17.4. The molecule has 0 aliphatic rings. The van der Waals surface area contributed by atoms with Crippen molar-refractivity contribution in [2.45, 2.75) is 271 Å². The predicted molar refractivity (Wildman–Crippen MR) is 252 cm³/mol. The van der Waals surface area contributed by atoms with Crippen LogP contribution in [-0.2, 0) is 23.8 Å². The van der Waals surface area contributed by atoms with E-state index >= 15 is 0 Å². The van der Waals surface area contributed by atoms with Gasteiger partial charge in [-0.3, -0.25) is 9.59 Å². The first-order valence-electron chi connectivity index (χ1n) is 25.5. The molecule has 0 heterocycles. The molecule has 340 valence electrons. The number of hydrogen-bond acceptors (Lipinski definition) is 5. The van der Waals surface area contributed by atoms with Crippen LogP contribution < -0.4 is 0 Å². The van der Waals surface area contributed by atoms with Crippen LogP contribution in [0.2, 0.25) is 0 Å². The Morgan fingerprint density at radius 2 is 0.741 bits per heavy atom. The fraction of sp³-hybridized carbons (Fsp3) is 0.849. The molecule has 0 aromatic heterocycles. The molecule has 58 heavy (non-hydrogen) atoms. The van der Waals surface area contributed by atoms with E-state index in [1.54, 1.807) is 0 Å². The summed E-state index contributed by atoms with van der Waals surface area (Å²) in [5.74, 6) is -0.404. The van der Waals surface area contributed by atoms with Gasteiger partial charge < -0.3 is 14.2 Å². The van der Waals surface area contributed by atoms with Gasteiger partial charge in [0.1, 0.15) is 6.61 Å². The van der Waals surface area contributed by atoms with Crippen molar-refractivity contribution in [2.75, 3.05) is 19.8 Å². The molecule has 0 rings (SSSR count). The molecule has 1 atom stereocenters. The van der Waals surface area contributed by atoms with Crippen molar-refractivity contribution < 1.29 is 23.8 Å². The Balaban J connectivity index is 4.25. The maximum absolute atomic E-state index is 12.8. The van der Waals surface area contributed by atoms with E-state index in [0.717, 1.165) is 57.8 Å². The van der Waals surface area contributed by atoms with E-state index in [1.807, 2.05) is 0 Å². The number of rotatable bonds is 47. The number of esters is 2. The fourth-order valence-electron chi connectivity index (χ4n) is 7.29. The van der Waals surface area contributed by atoms with Crippen molar-refractivity contribution in [1.29, 1.82) is 0 Å². The molecule has 0 aliphatic heterocycles. The Morgan fingerprint density at radius 1 is 0.379 bits per heavy atom. The highest BCUT2D eigenvalue weighted by Crippen LogP contribution is 2.15.